The average Bonchev–Trinajstić information content (AvgIpc) is 3.58. The highest BCUT2D eigenvalue weighted by Gasteiger charge is 2.48. The molecule has 4 fully saturated rings. The van der Waals surface area contributed by atoms with Crippen molar-refractivity contribution >= 4 is 23.3 Å². The summed E-state index contributed by atoms with van der Waals surface area (Å²) in [5.41, 5.74) is 6.33. The first-order chi connectivity index (χ1) is 18.8. The maximum atomic E-state index is 15.7. The summed E-state index contributed by atoms with van der Waals surface area (Å²) in [7, 11) is 0. The summed E-state index contributed by atoms with van der Waals surface area (Å²) in [5, 5.41) is 10.6. The Balaban J connectivity index is 1.15. The number of alkyl halides is 1. The van der Waals surface area contributed by atoms with Crippen molar-refractivity contribution in [2.45, 2.75) is 56.4 Å². The fourth-order valence-electron chi connectivity index (χ4n) is 6.66. The van der Waals surface area contributed by atoms with Gasteiger partial charge in [0.25, 0.3) is 5.91 Å². The molecule has 212 valence electrons. The van der Waals surface area contributed by atoms with Gasteiger partial charge >= 0.3 is 0 Å². The molecule has 3 aliphatic heterocycles. The van der Waals surface area contributed by atoms with Crippen molar-refractivity contribution in [1.82, 2.24) is 39.9 Å². The average molecular weight is 546 g/mol. The zero-order valence-corrected chi connectivity index (χ0v) is 22.3. The number of aromatic nitrogens is 3. The SMILES string of the molecule is CCN1CC(F)C(N2CCC(C(=O)N3CCNC4(CC4)C3)CC2)C(NC(=O)c2c(N)nn3cc(F)cnc23)C1. The lowest BCUT2D eigenvalue weighted by Crippen LogP contribution is -2.66. The van der Waals surface area contributed by atoms with Gasteiger partial charge in [-0.3, -0.25) is 19.4 Å². The van der Waals surface area contributed by atoms with Crippen molar-refractivity contribution < 1.29 is 18.4 Å². The van der Waals surface area contributed by atoms with Crippen molar-refractivity contribution in [3.05, 3.63) is 23.8 Å². The summed E-state index contributed by atoms with van der Waals surface area (Å²) < 4.78 is 30.5. The van der Waals surface area contributed by atoms with Gasteiger partial charge in [-0.15, -0.1) is 5.10 Å². The molecule has 0 bridgehead atoms. The van der Waals surface area contributed by atoms with Crippen LogP contribution in [0.25, 0.3) is 5.65 Å². The number of carbonyl (C=O) groups excluding carboxylic acids is 2. The number of likely N-dealkylation sites (N-methyl/N-ethyl adjacent to an activating group) is 1. The van der Waals surface area contributed by atoms with Gasteiger partial charge in [-0.2, -0.15) is 0 Å². The number of piperidine rings is 2. The number of piperazine rings is 1. The largest absolute Gasteiger partial charge is 0.381 e. The molecule has 0 aromatic carbocycles. The molecule has 6 rings (SSSR count). The second kappa shape index (κ2) is 10.3. The third kappa shape index (κ3) is 5.07. The summed E-state index contributed by atoms with van der Waals surface area (Å²) in [6.45, 7) is 6.95. The quantitative estimate of drug-likeness (QED) is 0.489. The summed E-state index contributed by atoms with van der Waals surface area (Å²) in [6.07, 6.45) is 4.54. The van der Waals surface area contributed by atoms with E-state index >= 15 is 4.39 Å². The van der Waals surface area contributed by atoms with Crippen LogP contribution in [0.15, 0.2) is 12.4 Å². The van der Waals surface area contributed by atoms with E-state index in [0.717, 1.165) is 49.4 Å². The Bertz CT molecular complexity index is 1240. The number of anilines is 1. The van der Waals surface area contributed by atoms with Gasteiger partial charge in [-0.1, -0.05) is 6.92 Å². The molecule has 39 heavy (non-hydrogen) atoms. The highest BCUT2D eigenvalue weighted by atomic mass is 19.1. The van der Waals surface area contributed by atoms with Crippen molar-refractivity contribution in [2.75, 3.05) is 58.1 Å². The van der Waals surface area contributed by atoms with Crippen LogP contribution in [0.3, 0.4) is 0 Å². The first-order valence-corrected chi connectivity index (χ1v) is 14.0. The Morgan fingerprint density at radius 3 is 2.72 bits per heavy atom. The van der Waals surface area contributed by atoms with E-state index in [0.29, 0.717) is 39.0 Å². The minimum Gasteiger partial charge on any atom is -0.381 e. The minimum absolute atomic E-state index is 0.0477. The van der Waals surface area contributed by atoms with Crippen molar-refractivity contribution in [3.8, 4) is 0 Å². The second-order valence-corrected chi connectivity index (χ2v) is 11.5. The van der Waals surface area contributed by atoms with E-state index < -0.39 is 30.0 Å². The predicted molar refractivity (Wildman–Crippen MR) is 140 cm³/mol. The lowest BCUT2D eigenvalue weighted by Gasteiger charge is -2.48. The Labute approximate surface area is 226 Å². The highest BCUT2D eigenvalue weighted by molar-refractivity contribution is 6.04. The monoisotopic (exact) mass is 545 g/mol. The summed E-state index contributed by atoms with van der Waals surface area (Å²) in [5.74, 6) is -1.02. The summed E-state index contributed by atoms with van der Waals surface area (Å²) >= 11 is 0. The van der Waals surface area contributed by atoms with Crippen molar-refractivity contribution in [1.29, 1.82) is 0 Å². The lowest BCUT2D eigenvalue weighted by molar-refractivity contribution is -0.139. The van der Waals surface area contributed by atoms with Crippen LogP contribution in [0.2, 0.25) is 0 Å². The lowest BCUT2D eigenvalue weighted by atomic mass is 9.89. The van der Waals surface area contributed by atoms with E-state index in [9.17, 15) is 14.0 Å². The number of nitrogens with two attached hydrogens (primary N) is 1. The molecular formula is C26H37F2N9O2. The number of fused-ring (bicyclic) bond motifs is 1. The number of likely N-dealkylation sites (tertiary alicyclic amines) is 2. The van der Waals surface area contributed by atoms with Crippen LogP contribution in [0.5, 0.6) is 0 Å². The van der Waals surface area contributed by atoms with Gasteiger partial charge in [0.2, 0.25) is 5.91 Å². The molecule has 3 unspecified atom stereocenters. The molecule has 2 aromatic heterocycles. The van der Waals surface area contributed by atoms with E-state index in [1.54, 1.807) is 0 Å². The third-order valence-electron chi connectivity index (χ3n) is 8.97. The molecule has 1 saturated carbocycles. The van der Waals surface area contributed by atoms with Crippen LogP contribution in [0.4, 0.5) is 14.6 Å². The molecule has 4 aliphatic rings. The molecule has 4 N–H and O–H groups in total. The molecule has 0 radical (unpaired) electrons. The van der Waals surface area contributed by atoms with Gasteiger partial charge in [0.15, 0.2) is 17.3 Å². The van der Waals surface area contributed by atoms with Crippen molar-refractivity contribution in [3.63, 3.8) is 0 Å². The van der Waals surface area contributed by atoms with Crippen molar-refractivity contribution in [2.24, 2.45) is 5.92 Å². The van der Waals surface area contributed by atoms with E-state index in [-0.39, 0.29) is 40.9 Å². The first kappa shape index (κ1) is 26.3. The molecule has 2 amide bonds. The number of amides is 2. The fourth-order valence-corrected chi connectivity index (χ4v) is 6.66. The Hall–Kier alpha value is -2.90. The van der Waals surface area contributed by atoms with Gasteiger partial charge in [-0.05, 0) is 45.3 Å². The van der Waals surface area contributed by atoms with Gasteiger partial charge in [-0.25, -0.2) is 18.3 Å². The highest BCUT2D eigenvalue weighted by Crippen LogP contribution is 2.38. The smallest absolute Gasteiger partial charge is 0.259 e. The van der Waals surface area contributed by atoms with Crippen LogP contribution in [-0.2, 0) is 4.79 Å². The van der Waals surface area contributed by atoms with E-state index in [1.807, 2.05) is 16.7 Å². The molecule has 1 aliphatic carbocycles. The number of nitrogen functional groups attached to an aromatic ring is 1. The molecule has 3 atom stereocenters. The third-order valence-corrected chi connectivity index (χ3v) is 8.97. The van der Waals surface area contributed by atoms with Crippen LogP contribution in [0.1, 0.15) is 43.0 Å². The molecule has 3 saturated heterocycles. The van der Waals surface area contributed by atoms with Gasteiger partial charge < -0.3 is 21.3 Å². The number of hydrogen-bond acceptors (Lipinski definition) is 8. The number of nitrogens with one attached hydrogen (secondary N) is 2. The maximum Gasteiger partial charge on any atom is 0.259 e. The summed E-state index contributed by atoms with van der Waals surface area (Å²) in [4.78, 5) is 36.8. The molecule has 13 heteroatoms. The zero-order valence-electron chi connectivity index (χ0n) is 22.3. The van der Waals surface area contributed by atoms with E-state index in [4.69, 9.17) is 5.73 Å². The zero-order chi connectivity index (χ0) is 27.3. The fraction of sp³-hybridized carbons (Fsp3) is 0.692. The van der Waals surface area contributed by atoms with E-state index in [2.05, 4.69) is 25.6 Å². The van der Waals surface area contributed by atoms with E-state index in [1.165, 1.54) is 0 Å². The molecule has 11 nitrogen and oxygen atoms in total. The number of nitrogens with zero attached hydrogens (tertiary/aromatic N) is 6. The molecular weight excluding hydrogens is 508 g/mol. The minimum atomic E-state index is -1.17. The topological polar surface area (TPSA) is 124 Å². The standard InChI is InChI=1S/C26H37F2N9O2/c1-2-34-13-18(28)21(19(14-34)32-24(38)20-22(29)33-37-12-17(27)11-30-23(20)37)35-8-3-16(4-9-35)25(39)36-10-7-31-26(15-36)5-6-26/h11-12,16,18-19,21,31H,2-10,13-15H2,1H3,(H2,29,33)(H,32,38). The normalized spacial score (nSPS) is 28.2. The Kier molecular flexibility index (Phi) is 6.92. The maximum absolute atomic E-state index is 15.7. The molecule has 2 aromatic rings. The second-order valence-electron chi connectivity index (χ2n) is 11.5. The number of hydrogen-bond donors (Lipinski definition) is 3. The van der Waals surface area contributed by atoms with Gasteiger partial charge in [0.05, 0.1) is 24.5 Å². The molecule has 5 heterocycles. The number of halogens is 2. The van der Waals surface area contributed by atoms with Crippen LogP contribution in [-0.4, -0.2) is 117 Å². The van der Waals surface area contributed by atoms with Crippen LogP contribution in [0, 0.1) is 11.7 Å². The number of carbonyl (C=O) groups is 2. The first-order valence-electron chi connectivity index (χ1n) is 14.0. The summed E-state index contributed by atoms with van der Waals surface area (Å²) in [6, 6.07) is -1.04. The van der Waals surface area contributed by atoms with Crippen LogP contribution >= 0.6 is 0 Å². The molecule has 1 spiro atoms. The van der Waals surface area contributed by atoms with Crippen LogP contribution < -0.4 is 16.4 Å². The predicted octanol–water partition coefficient (Wildman–Crippen LogP) is 0.268. The van der Waals surface area contributed by atoms with Gasteiger partial charge in [0.1, 0.15) is 11.7 Å². The number of rotatable bonds is 5. The Morgan fingerprint density at radius 1 is 1.23 bits per heavy atom. The Morgan fingerprint density at radius 2 is 2.00 bits per heavy atom. The van der Waals surface area contributed by atoms with Gasteiger partial charge in [0, 0.05) is 44.2 Å².